The van der Waals surface area contributed by atoms with Crippen LogP contribution in [-0.4, -0.2) is 67.7 Å². The van der Waals surface area contributed by atoms with Gasteiger partial charge in [-0.1, -0.05) is 6.07 Å². The van der Waals surface area contributed by atoms with Crippen LogP contribution in [0.4, 0.5) is 15.3 Å². The topological polar surface area (TPSA) is 100 Å². The van der Waals surface area contributed by atoms with Gasteiger partial charge >= 0.3 is 12.1 Å². The van der Waals surface area contributed by atoms with Crippen molar-refractivity contribution in [2.24, 2.45) is 0 Å². The van der Waals surface area contributed by atoms with E-state index in [1.807, 2.05) is 0 Å². The number of ether oxygens (including phenoxy) is 2. The maximum atomic E-state index is 12.5. The first-order valence-corrected chi connectivity index (χ1v) is 7.92. The van der Waals surface area contributed by atoms with Gasteiger partial charge in [-0.25, -0.2) is 9.59 Å². The Hall–Kier alpha value is -2.97. The molecule has 9 heteroatoms. The van der Waals surface area contributed by atoms with Crippen molar-refractivity contribution in [1.82, 2.24) is 15.1 Å². The molecule has 1 unspecified atom stereocenters. The quantitative estimate of drug-likeness (QED) is 0.786. The lowest BCUT2D eigenvalue weighted by Crippen LogP contribution is -2.43. The van der Waals surface area contributed by atoms with E-state index < -0.39 is 6.03 Å². The monoisotopic (exact) mass is 348 g/mol. The van der Waals surface area contributed by atoms with Crippen molar-refractivity contribution in [2.75, 3.05) is 39.2 Å². The van der Waals surface area contributed by atoms with E-state index in [0.717, 1.165) is 0 Å². The molecule has 1 aromatic rings. The number of benzene rings is 1. The molecule has 2 heterocycles. The maximum absolute atomic E-state index is 12.5. The minimum absolute atomic E-state index is 0.0164. The molecule has 1 aromatic carbocycles. The zero-order valence-corrected chi connectivity index (χ0v) is 14.1. The maximum Gasteiger partial charge on any atom is 0.324 e. The van der Waals surface area contributed by atoms with Crippen LogP contribution >= 0.6 is 0 Å². The standard InChI is InChI=1S/C16H20N4O5/c1-24-12-5-3-4-11(14(12)25-2)18-16(23)19-7-6-10(9-19)20-13(21)8-17-15(20)22/h3-5,10H,6-9H2,1-2H3,(H,17,22)(H,18,23). The van der Waals surface area contributed by atoms with E-state index in [9.17, 15) is 14.4 Å². The van der Waals surface area contributed by atoms with Crippen LogP contribution in [0.15, 0.2) is 18.2 Å². The van der Waals surface area contributed by atoms with Crippen LogP contribution < -0.4 is 20.1 Å². The van der Waals surface area contributed by atoms with E-state index in [4.69, 9.17) is 9.47 Å². The Morgan fingerprint density at radius 3 is 2.72 bits per heavy atom. The summed E-state index contributed by atoms with van der Waals surface area (Å²) in [6.45, 7) is 0.777. The highest BCUT2D eigenvalue weighted by Gasteiger charge is 2.39. The number of anilines is 1. The highest BCUT2D eigenvalue weighted by Crippen LogP contribution is 2.35. The lowest BCUT2D eigenvalue weighted by molar-refractivity contribution is -0.126. The molecule has 2 aliphatic rings. The number of likely N-dealkylation sites (tertiary alicyclic amines) is 1. The average Bonchev–Trinajstić information content (AvgIpc) is 3.21. The summed E-state index contributed by atoms with van der Waals surface area (Å²) < 4.78 is 10.5. The first-order chi connectivity index (χ1) is 12.0. The van der Waals surface area contributed by atoms with E-state index in [0.29, 0.717) is 36.7 Å². The van der Waals surface area contributed by atoms with E-state index in [2.05, 4.69) is 10.6 Å². The van der Waals surface area contributed by atoms with Gasteiger partial charge in [0.25, 0.3) is 0 Å². The SMILES string of the molecule is COc1cccc(NC(=O)N2CCC(N3C(=O)CNC3=O)C2)c1OC. The van der Waals surface area contributed by atoms with Gasteiger partial charge in [-0.2, -0.15) is 0 Å². The predicted molar refractivity (Wildman–Crippen MR) is 88.8 cm³/mol. The van der Waals surface area contributed by atoms with Crippen LogP contribution in [0.2, 0.25) is 0 Å². The molecular formula is C16H20N4O5. The van der Waals surface area contributed by atoms with Gasteiger partial charge in [0.15, 0.2) is 11.5 Å². The number of carbonyl (C=O) groups excluding carboxylic acids is 3. The Balaban J connectivity index is 1.67. The van der Waals surface area contributed by atoms with Gasteiger partial charge in [-0.3, -0.25) is 9.69 Å². The molecule has 0 saturated carbocycles. The number of amides is 5. The van der Waals surface area contributed by atoms with Crippen molar-refractivity contribution >= 4 is 23.7 Å². The molecule has 3 rings (SSSR count). The second kappa shape index (κ2) is 6.88. The average molecular weight is 348 g/mol. The molecule has 2 aliphatic heterocycles. The van der Waals surface area contributed by atoms with E-state index in [1.54, 1.807) is 23.1 Å². The second-order valence-corrected chi connectivity index (χ2v) is 5.78. The Bertz CT molecular complexity index is 692. The lowest BCUT2D eigenvalue weighted by atomic mass is 10.2. The van der Waals surface area contributed by atoms with E-state index in [1.165, 1.54) is 19.1 Å². The summed E-state index contributed by atoms with van der Waals surface area (Å²) in [5.74, 6) is 0.689. The molecule has 25 heavy (non-hydrogen) atoms. The molecule has 0 aliphatic carbocycles. The van der Waals surface area contributed by atoms with Crippen LogP contribution in [-0.2, 0) is 4.79 Å². The third kappa shape index (κ3) is 3.17. The summed E-state index contributed by atoms with van der Waals surface area (Å²) in [5, 5.41) is 5.29. The number of nitrogens with zero attached hydrogens (tertiary/aromatic N) is 2. The fraction of sp³-hybridized carbons (Fsp3) is 0.438. The van der Waals surface area contributed by atoms with Gasteiger partial charge < -0.3 is 25.0 Å². The number of hydrogen-bond acceptors (Lipinski definition) is 5. The Kier molecular flexibility index (Phi) is 4.64. The summed E-state index contributed by atoms with van der Waals surface area (Å²) in [5.41, 5.74) is 0.491. The van der Waals surface area contributed by atoms with Crippen LogP contribution in [0.1, 0.15) is 6.42 Å². The molecule has 2 fully saturated rings. The van der Waals surface area contributed by atoms with Crippen molar-refractivity contribution in [3.05, 3.63) is 18.2 Å². The molecule has 134 valence electrons. The number of imide groups is 1. The van der Waals surface area contributed by atoms with Gasteiger partial charge in [-0.15, -0.1) is 0 Å². The van der Waals surface area contributed by atoms with Crippen LogP contribution in [0, 0.1) is 0 Å². The first kappa shape index (κ1) is 16.9. The summed E-state index contributed by atoms with van der Waals surface area (Å²) in [6.07, 6.45) is 0.557. The number of methoxy groups -OCH3 is 2. The van der Waals surface area contributed by atoms with Crippen LogP contribution in [0.3, 0.4) is 0 Å². The van der Waals surface area contributed by atoms with Crippen molar-refractivity contribution in [3.8, 4) is 11.5 Å². The van der Waals surface area contributed by atoms with Gasteiger partial charge in [0, 0.05) is 13.1 Å². The van der Waals surface area contributed by atoms with Crippen LogP contribution in [0.25, 0.3) is 0 Å². The lowest BCUT2D eigenvalue weighted by Gasteiger charge is -2.22. The van der Waals surface area contributed by atoms with Crippen molar-refractivity contribution < 1.29 is 23.9 Å². The molecule has 9 nitrogen and oxygen atoms in total. The largest absolute Gasteiger partial charge is 0.493 e. The zero-order valence-electron chi connectivity index (χ0n) is 14.1. The number of nitrogens with one attached hydrogen (secondary N) is 2. The third-order valence-electron chi connectivity index (χ3n) is 4.34. The number of rotatable bonds is 4. The van der Waals surface area contributed by atoms with Crippen molar-refractivity contribution in [2.45, 2.75) is 12.5 Å². The summed E-state index contributed by atoms with van der Waals surface area (Å²) >= 11 is 0. The van der Waals surface area contributed by atoms with E-state index >= 15 is 0 Å². The molecule has 0 bridgehead atoms. The van der Waals surface area contributed by atoms with Gasteiger partial charge in [0.2, 0.25) is 5.91 Å². The number of carbonyl (C=O) groups is 3. The van der Waals surface area contributed by atoms with Crippen LogP contribution in [0.5, 0.6) is 11.5 Å². The highest BCUT2D eigenvalue weighted by atomic mass is 16.5. The molecule has 1 atom stereocenters. The Morgan fingerprint density at radius 1 is 1.28 bits per heavy atom. The van der Waals surface area contributed by atoms with Gasteiger partial charge in [0.1, 0.15) is 0 Å². The normalized spacial score (nSPS) is 19.8. The molecule has 0 aromatic heterocycles. The molecule has 5 amide bonds. The minimum Gasteiger partial charge on any atom is -0.493 e. The fourth-order valence-corrected chi connectivity index (χ4v) is 3.12. The number of hydrogen-bond donors (Lipinski definition) is 2. The van der Waals surface area contributed by atoms with Crippen molar-refractivity contribution in [1.29, 1.82) is 0 Å². The van der Waals surface area contributed by atoms with Crippen molar-refractivity contribution in [3.63, 3.8) is 0 Å². The Labute approximate surface area is 144 Å². The summed E-state index contributed by atoms with van der Waals surface area (Å²) in [7, 11) is 3.02. The summed E-state index contributed by atoms with van der Waals surface area (Å²) in [6, 6.07) is 4.18. The smallest absolute Gasteiger partial charge is 0.324 e. The summed E-state index contributed by atoms with van der Waals surface area (Å²) in [4.78, 5) is 38.8. The number of urea groups is 2. The molecule has 2 saturated heterocycles. The molecule has 2 N–H and O–H groups in total. The minimum atomic E-state index is -0.397. The molecule has 0 radical (unpaired) electrons. The van der Waals surface area contributed by atoms with Gasteiger partial charge in [0.05, 0.1) is 32.5 Å². The highest BCUT2D eigenvalue weighted by molar-refractivity contribution is 6.02. The number of para-hydroxylation sites is 1. The first-order valence-electron chi connectivity index (χ1n) is 7.92. The Morgan fingerprint density at radius 2 is 2.08 bits per heavy atom. The van der Waals surface area contributed by atoms with E-state index in [-0.39, 0.29) is 24.5 Å². The molecular weight excluding hydrogens is 328 g/mol. The fourth-order valence-electron chi connectivity index (χ4n) is 3.12. The third-order valence-corrected chi connectivity index (χ3v) is 4.34. The molecule has 0 spiro atoms. The second-order valence-electron chi connectivity index (χ2n) is 5.78. The predicted octanol–water partition coefficient (Wildman–Crippen LogP) is 0.862. The zero-order chi connectivity index (χ0) is 18.0. The van der Waals surface area contributed by atoms with Gasteiger partial charge in [-0.05, 0) is 18.6 Å².